The van der Waals surface area contributed by atoms with Crippen molar-refractivity contribution in [3.05, 3.63) is 35.1 Å². The van der Waals surface area contributed by atoms with E-state index in [4.69, 9.17) is 0 Å². The Morgan fingerprint density at radius 2 is 2.25 bits per heavy atom. The minimum atomic E-state index is -0.0970. The van der Waals surface area contributed by atoms with Crippen molar-refractivity contribution in [3.63, 3.8) is 0 Å². The highest BCUT2D eigenvalue weighted by Gasteiger charge is 2.35. The highest BCUT2D eigenvalue weighted by molar-refractivity contribution is 5.23. The number of rotatable bonds is 5. The van der Waals surface area contributed by atoms with Gasteiger partial charge in [-0.1, -0.05) is 25.5 Å². The standard InChI is InChI=1S/C14H20FN/c1-3-4-12-8-14(12)16-9-11-6-5-10(2)13(15)7-11/h5-7,12,14,16H,3-4,8-9H2,1-2H3. The van der Waals surface area contributed by atoms with Gasteiger partial charge in [0.15, 0.2) is 0 Å². The third-order valence-electron chi connectivity index (χ3n) is 3.39. The highest BCUT2D eigenvalue weighted by Crippen LogP contribution is 2.34. The van der Waals surface area contributed by atoms with Crippen LogP contribution < -0.4 is 5.32 Å². The average Bonchev–Trinajstić information content (AvgIpc) is 2.99. The summed E-state index contributed by atoms with van der Waals surface area (Å²) in [4.78, 5) is 0. The first kappa shape index (κ1) is 11.6. The molecule has 1 nitrogen and oxygen atoms in total. The van der Waals surface area contributed by atoms with Crippen LogP contribution in [0.15, 0.2) is 18.2 Å². The van der Waals surface area contributed by atoms with Crippen molar-refractivity contribution in [1.29, 1.82) is 0 Å². The van der Waals surface area contributed by atoms with Gasteiger partial charge in [0.1, 0.15) is 5.82 Å². The lowest BCUT2D eigenvalue weighted by Crippen LogP contribution is -2.17. The molecule has 16 heavy (non-hydrogen) atoms. The maximum absolute atomic E-state index is 13.3. The second kappa shape index (κ2) is 4.96. The predicted octanol–water partition coefficient (Wildman–Crippen LogP) is 3.41. The smallest absolute Gasteiger partial charge is 0.126 e. The predicted molar refractivity (Wildman–Crippen MR) is 64.8 cm³/mol. The summed E-state index contributed by atoms with van der Waals surface area (Å²) in [6.45, 7) is 4.82. The van der Waals surface area contributed by atoms with Gasteiger partial charge in [0, 0.05) is 12.6 Å². The van der Waals surface area contributed by atoms with Gasteiger partial charge in [0.2, 0.25) is 0 Å². The van der Waals surface area contributed by atoms with Crippen LogP contribution in [-0.4, -0.2) is 6.04 Å². The first-order valence-corrected chi connectivity index (χ1v) is 6.19. The van der Waals surface area contributed by atoms with Crippen molar-refractivity contribution in [2.24, 2.45) is 5.92 Å². The van der Waals surface area contributed by atoms with Crippen molar-refractivity contribution >= 4 is 0 Å². The summed E-state index contributed by atoms with van der Waals surface area (Å²) in [6, 6.07) is 6.16. The Balaban J connectivity index is 1.80. The molecule has 88 valence electrons. The van der Waals surface area contributed by atoms with Gasteiger partial charge in [-0.15, -0.1) is 0 Å². The Kier molecular flexibility index (Phi) is 3.59. The molecule has 0 bridgehead atoms. The zero-order valence-corrected chi connectivity index (χ0v) is 10.1. The number of nitrogens with one attached hydrogen (secondary N) is 1. The molecule has 1 aliphatic carbocycles. The SMILES string of the molecule is CCCC1CC1NCc1ccc(C)c(F)c1. The van der Waals surface area contributed by atoms with E-state index in [-0.39, 0.29) is 5.82 Å². The molecule has 2 atom stereocenters. The summed E-state index contributed by atoms with van der Waals surface area (Å²) in [5.74, 6) is 0.764. The fourth-order valence-corrected chi connectivity index (χ4v) is 2.18. The maximum Gasteiger partial charge on any atom is 0.126 e. The molecule has 1 aromatic rings. The fourth-order valence-electron chi connectivity index (χ4n) is 2.18. The molecule has 0 heterocycles. The van der Waals surface area contributed by atoms with Crippen molar-refractivity contribution in [3.8, 4) is 0 Å². The first-order chi connectivity index (χ1) is 7.70. The van der Waals surface area contributed by atoms with Gasteiger partial charge in [0.05, 0.1) is 0 Å². The molecular formula is C14H20FN. The molecule has 0 spiro atoms. The van der Waals surface area contributed by atoms with Crippen molar-refractivity contribution in [2.45, 2.75) is 45.7 Å². The minimum absolute atomic E-state index is 0.0970. The molecule has 0 aromatic heterocycles. The largest absolute Gasteiger partial charge is 0.310 e. The zero-order valence-electron chi connectivity index (χ0n) is 10.1. The van der Waals surface area contributed by atoms with Gasteiger partial charge in [-0.05, 0) is 42.9 Å². The van der Waals surface area contributed by atoms with E-state index in [0.29, 0.717) is 6.04 Å². The lowest BCUT2D eigenvalue weighted by Gasteiger charge is -2.05. The number of halogens is 1. The van der Waals surface area contributed by atoms with Crippen LogP contribution in [0.1, 0.15) is 37.3 Å². The van der Waals surface area contributed by atoms with Gasteiger partial charge in [-0.25, -0.2) is 4.39 Å². The Labute approximate surface area is 97.1 Å². The number of aryl methyl sites for hydroxylation is 1. The van der Waals surface area contributed by atoms with Crippen LogP contribution in [0.3, 0.4) is 0 Å². The van der Waals surface area contributed by atoms with Gasteiger partial charge in [0.25, 0.3) is 0 Å². The number of hydrogen-bond acceptors (Lipinski definition) is 1. The molecule has 0 saturated heterocycles. The Hall–Kier alpha value is -0.890. The summed E-state index contributed by atoms with van der Waals surface area (Å²) in [6.07, 6.45) is 3.88. The molecule has 1 N–H and O–H groups in total. The summed E-state index contributed by atoms with van der Waals surface area (Å²) in [5, 5.41) is 3.49. The van der Waals surface area contributed by atoms with E-state index >= 15 is 0 Å². The van der Waals surface area contributed by atoms with Crippen molar-refractivity contribution in [1.82, 2.24) is 5.32 Å². The molecule has 0 aliphatic heterocycles. The lowest BCUT2D eigenvalue weighted by atomic mass is 10.1. The van der Waals surface area contributed by atoms with Crippen LogP contribution in [-0.2, 0) is 6.54 Å². The molecule has 1 fully saturated rings. The molecule has 1 saturated carbocycles. The van der Waals surface area contributed by atoms with Crippen LogP contribution in [0.25, 0.3) is 0 Å². The Morgan fingerprint density at radius 1 is 1.44 bits per heavy atom. The molecule has 0 radical (unpaired) electrons. The van der Waals surface area contributed by atoms with Crippen LogP contribution in [0.5, 0.6) is 0 Å². The Bertz CT molecular complexity index is 362. The Morgan fingerprint density at radius 3 is 2.94 bits per heavy atom. The molecule has 2 heteroatoms. The normalized spacial score (nSPS) is 23.4. The summed E-state index contributed by atoms with van der Waals surface area (Å²) in [5.41, 5.74) is 1.77. The van der Waals surface area contributed by atoms with E-state index in [2.05, 4.69) is 12.2 Å². The van der Waals surface area contributed by atoms with Gasteiger partial charge < -0.3 is 5.32 Å². The third kappa shape index (κ3) is 2.82. The van der Waals surface area contributed by atoms with Crippen LogP contribution in [0.2, 0.25) is 0 Å². The number of benzene rings is 1. The average molecular weight is 221 g/mol. The topological polar surface area (TPSA) is 12.0 Å². The van der Waals surface area contributed by atoms with E-state index in [0.717, 1.165) is 23.6 Å². The molecule has 0 amide bonds. The van der Waals surface area contributed by atoms with Crippen molar-refractivity contribution in [2.75, 3.05) is 0 Å². The monoisotopic (exact) mass is 221 g/mol. The fraction of sp³-hybridized carbons (Fsp3) is 0.571. The van der Waals surface area contributed by atoms with Gasteiger partial charge >= 0.3 is 0 Å². The maximum atomic E-state index is 13.3. The van der Waals surface area contributed by atoms with Crippen LogP contribution in [0.4, 0.5) is 4.39 Å². The molecule has 1 aliphatic rings. The molecule has 2 rings (SSSR count). The zero-order chi connectivity index (χ0) is 11.5. The second-order valence-corrected chi connectivity index (χ2v) is 4.86. The summed E-state index contributed by atoms with van der Waals surface area (Å²) >= 11 is 0. The van der Waals surface area contributed by atoms with Crippen LogP contribution in [0, 0.1) is 18.7 Å². The molecular weight excluding hydrogens is 201 g/mol. The van der Waals surface area contributed by atoms with E-state index in [1.165, 1.54) is 19.3 Å². The van der Waals surface area contributed by atoms with E-state index in [1.54, 1.807) is 13.0 Å². The summed E-state index contributed by atoms with van der Waals surface area (Å²) < 4.78 is 13.3. The highest BCUT2D eigenvalue weighted by atomic mass is 19.1. The summed E-state index contributed by atoms with van der Waals surface area (Å²) in [7, 11) is 0. The lowest BCUT2D eigenvalue weighted by molar-refractivity contribution is 0.590. The van der Waals surface area contributed by atoms with Crippen molar-refractivity contribution < 1.29 is 4.39 Å². The second-order valence-electron chi connectivity index (χ2n) is 4.86. The van der Waals surface area contributed by atoms with Gasteiger partial charge in [-0.3, -0.25) is 0 Å². The van der Waals surface area contributed by atoms with Crippen LogP contribution >= 0.6 is 0 Å². The molecule has 2 unspecified atom stereocenters. The minimum Gasteiger partial charge on any atom is -0.310 e. The third-order valence-corrected chi connectivity index (χ3v) is 3.39. The van der Waals surface area contributed by atoms with E-state index < -0.39 is 0 Å². The quantitative estimate of drug-likeness (QED) is 0.803. The van der Waals surface area contributed by atoms with E-state index in [1.807, 2.05) is 12.1 Å². The van der Waals surface area contributed by atoms with Gasteiger partial charge in [-0.2, -0.15) is 0 Å². The van der Waals surface area contributed by atoms with E-state index in [9.17, 15) is 4.39 Å². The number of hydrogen-bond donors (Lipinski definition) is 1. The first-order valence-electron chi connectivity index (χ1n) is 6.19. The molecule has 1 aromatic carbocycles.